The summed E-state index contributed by atoms with van der Waals surface area (Å²) in [6.07, 6.45) is 0. The standard InChI is InChI=1S/C19H19N3O4S2/c1-24-12-8-9-13(17(10-12)26-3)15(23)11-27-19-22-21-18(28-19)20-14-6-4-5-7-16(14)25-2/h4-10H,11H2,1-3H3,(H,20,21). The van der Waals surface area contributed by atoms with Crippen LogP contribution in [0.3, 0.4) is 0 Å². The number of thioether (sulfide) groups is 1. The lowest BCUT2D eigenvalue weighted by Crippen LogP contribution is -2.05. The minimum absolute atomic E-state index is 0.0565. The number of Topliss-reactive ketones (excluding diaryl/α,β-unsaturated/α-hetero) is 1. The summed E-state index contributed by atoms with van der Waals surface area (Å²) in [5, 5.41) is 12.1. The molecule has 146 valence electrons. The number of carbonyl (C=O) groups excluding carboxylic acids is 1. The molecule has 9 heteroatoms. The first-order valence-corrected chi connectivity index (χ1v) is 10.1. The SMILES string of the molecule is COc1ccc(C(=O)CSc2nnc(Nc3ccccc3OC)s2)c(OC)c1. The Labute approximate surface area is 171 Å². The first-order chi connectivity index (χ1) is 13.6. The zero-order valence-corrected chi connectivity index (χ0v) is 17.2. The second-order valence-corrected chi connectivity index (χ2v) is 7.68. The Bertz CT molecular complexity index is 962. The summed E-state index contributed by atoms with van der Waals surface area (Å²) in [5.41, 5.74) is 1.31. The fourth-order valence-electron chi connectivity index (χ4n) is 2.42. The van der Waals surface area contributed by atoms with E-state index in [0.29, 0.717) is 32.3 Å². The average molecular weight is 418 g/mol. The van der Waals surface area contributed by atoms with Crippen LogP contribution in [0.25, 0.3) is 0 Å². The second-order valence-electron chi connectivity index (χ2n) is 5.48. The number of anilines is 2. The van der Waals surface area contributed by atoms with Crippen molar-refractivity contribution in [3.8, 4) is 17.2 Å². The Morgan fingerprint density at radius 1 is 1.04 bits per heavy atom. The van der Waals surface area contributed by atoms with E-state index in [-0.39, 0.29) is 11.5 Å². The van der Waals surface area contributed by atoms with E-state index in [2.05, 4.69) is 15.5 Å². The molecular formula is C19H19N3O4S2. The molecule has 1 aromatic heterocycles. The van der Waals surface area contributed by atoms with Crippen LogP contribution in [0.15, 0.2) is 46.8 Å². The van der Waals surface area contributed by atoms with Crippen LogP contribution in [-0.2, 0) is 0 Å². The zero-order valence-electron chi connectivity index (χ0n) is 15.6. The summed E-state index contributed by atoms with van der Waals surface area (Å²) < 4.78 is 16.5. The van der Waals surface area contributed by atoms with E-state index in [1.807, 2.05) is 24.3 Å². The second kappa shape index (κ2) is 9.43. The van der Waals surface area contributed by atoms with Gasteiger partial charge in [-0.05, 0) is 24.3 Å². The van der Waals surface area contributed by atoms with Gasteiger partial charge in [-0.2, -0.15) is 0 Å². The summed E-state index contributed by atoms with van der Waals surface area (Å²) in [6, 6.07) is 12.7. The van der Waals surface area contributed by atoms with Crippen molar-refractivity contribution in [2.45, 2.75) is 4.34 Å². The van der Waals surface area contributed by atoms with Gasteiger partial charge in [0.05, 0.1) is 38.3 Å². The van der Waals surface area contributed by atoms with Crippen LogP contribution >= 0.6 is 23.1 Å². The van der Waals surface area contributed by atoms with Crippen LogP contribution in [0.2, 0.25) is 0 Å². The summed E-state index contributed by atoms with van der Waals surface area (Å²) >= 11 is 2.70. The van der Waals surface area contributed by atoms with Crippen LogP contribution < -0.4 is 19.5 Å². The number of carbonyl (C=O) groups is 1. The number of nitrogens with zero attached hydrogens (tertiary/aromatic N) is 2. The fourth-order valence-corrected chi connectivity index (χ4v) is 4.06. The number of para-hydroxylation sites is 2. The third-order valence-corrected chi connectivity index (χ3v) is 5.76. The lowest BCUT2D eigenvalue weighted by atomic mass is 10.1. The van der Waals surface area contributed by atoms with Gasteiger partial charge in [-0.3, -0.25) is 4.79 Å². The Morgan fingerprint density at radius 2 is 1.82 bits per heavy atom. The average Bonchev–Trinajstić information content (AvgIpc) is 3.19. The Kier molecular flexibility index (Phi) is 6.72. The zero-order chi connectivity index (χ0) is 19.9. The predicted octanol–water partition coefficient (Wildman–Crippen LogP) is 4.28. The van der Waals surface area contributed by atoms with Gasteiger partial charge in [-0.15, -0.1) is 10.2 Å². The van der Waals surface area contributed by atoms with Gasteiger partial charge in [0.15, 0.2) is 10.1 Å². The van der Waals surface area contributed by atoms with Crippen molar-refractivity contribution in [2.24, 2.45) is 0 Å². The third kappa shape index (κ3) is 4.73. The van der Waals surface area contributed by atoms with Crippen molar-refractivity contribution in [1.82, 2.24) is 10.2 Å². The maximum Gasteiger partial charge on any atom is 0.210 e. The highest BCUT2D eigenvalue weighted by atomic mass is 32.2. The van der Waals surface area contributed by atoms with E-state index in [0.717, 1.165) is 5.69 Å². The molecule has 0 amide bonds. The van der Waals surface area contributed by atoms with Crippen molar-refractivity contribution >= 4 is 39.7 Å². The fraction of sp³-hybridized carbons (Fsp3) is 0.211. The molecule has 0 unspecified atom stereocenters. The predicted molar refractivity (Wildman–Crippen MR) is 111 cm³/mol. The lowest BCUT2D eigenvalue weighted by Gasteiger charge is -2.09. The molecule has 3 rings (SSSR count). The van der Waals surface area contributed by atoms with E-state index in [1.165, 1.54) is 30.2 Å². The molecule has 1 N–H and O–H groups in total. The molecule has 0 saturated heterocycles. The molecule has 0 fully saturated rings. The van der Waals surface area contributed by atoms with Crippen molar-refractivity contribution in [3.63, 3.8) is 0 Å². The summed E-state index contributed by atoms with van der Waals surface area (Å²) in [6.45, 7) is 0. The monoisotopic (exact) mass is 417 g/mol. The van der Waals surface area contributed by atoms with E-state index in [9.17, 15) is 4.79 Å². The minimum Gasteiger partial charge on any atom is -0.497 e. The van der Waals surface area contributed by atoms with Crippen LogP contribution in [0.1, 0.15) is 10.4 Å². The molecule has 3 aromatic rings. The normalized spacial score (nSPS) is 10.4. The van der Waals surface area contributed by atoms with Crippen LogP contribution in [0.4, 0.5) is 10.8 Å². The summed E-state index contributed by atoms with van der Waals surface area (Å²) in [4.78, 5) is 12.6. The van der Waals surface area contributed by atoms with Gasteiger partial charge in [0, 0.05) is 6.07 Å². The van der Waals surface area contributed by atoms with Crippen molar-refractivity contribution in [1.29, 1.82) is 0 Å². The molecule has 7 nitrogen and oxygen atoms in total. The number of ether oxygens (including phenoxy) is 3. The third-order valence-electron chi connectivity index (χ3n) is 3.79. The van der Waals surface area contributed by atoms with Crippen molar-refractivity contribution < 1.29 is 19.0 Å². The molecule has 0 saturated carbocycles. The maximum atomic E-state index is 12.6. The first kappa shape index (κ1) is 20.0. The van der Waals surface area contributed by atoms with Gasteiger partial charge in [-0.25, -0.2) is 0 Å². The number of hydrogen-bond donors (Lipinski definition) is 1. The Balaban J connectivity index is 1.64. The van der Waals surface area contributed by atoms with Crippen molar-refractivity contribution in [3.05, 3.63) is 48.0 Å². The molecule has 1 heterocycles. The molecule has 0 bridgehead atoms. The molecule has 0 radical (unpaired) electrons. The number of nitrogens with one attached hydrogen (secondary N) is 1. The summed E-state index contributed by atoms with van der Waals surface area (Å²) in [5.74, 6) is 2.01. The van der Waals surface area contributed by atoms with E-state index in [1.54, 1.807) is 32.4 Å². The number of hydrogen-bond acceptors (Lipinski definition) is 9. The Morgan fingerprint density at radius 3 is 2.57 bits per heavy atom. The van der Waals surface area contributed by atoms with Gasteiger partial charge in [-0.1, -0.05) is 35.2 Å². The highest BCUT2D eigenvalue weighted by Gasteiger charge is 2.15. The molecule has 0 spiro atoms. The lowest BCUT2D eigenvalue weighted by molar-refractivity contribution is 0.101. The maximum absolute atomic E-state index is 12.6. The highest BCUT2D eigenvalue weighted by Crippen LogP contribution is 2.32. The van der Waals surface area contributed by atoms with E-state index in [4.69, 9.17) is 14.2 Å². The Hall–Kier alpha value is -2.78. The van der Waals surface area contributed by atoms with Crippen molar-refractivity contribution in [2.75, 3.05) is 32.4 Å². The first-order valence-electron chi connectivity index (χ1n) is 8.26. The summed E-state index contributed by atoms with van der Waals surface area (Å²) in [7, 11) is 4.71. The van der Waals surface area contributed by atoms with Gasteiger partial charge in [0.2, 0.25) is 5.13 Å². The molecule has 2 aromatic carbocycles. The molecule has 0 aliphatic carbocycles. The number of rotatable bonds is 9. The molecular weight excluding hydrogens is 398 g/mol. The smallest absolute Gasteiger partial charge is 0.210 e. The van der Waals surface area contributed by atoms with Gasteiger partial charge >= 0.3 is 0 Å². The number of methoxy groups -OCH3 is 3. The van der Waals surface area contributed by atoms with Gasteiger partial charge < -0.3 is 19.5 Å². The van der Waals surface area contributed by atoms with Gasteiger partial charge in [0.25, 0.3) is 0 Å². The number of ketones is 1. The van der Waals surface area contributed by atoms with Crippen LogP contribution in [0, 0.1) is 0 Å². The van der Waals surface area contributed by atoms with Crippen LogP contribution in [-0.4, -0.2) is 43.1 Å². The quantitative estimate of drug-likeness (QED) is 0.408. The highest BCUT2D eigenvalue weighted by molar-refractivity contribution is 8.01. The largest absolute Gasteiger partial charge is 0.497 e. The van der Waals surface area contributed by atoms with E-state index >= 15 is 0 Å². The molecule has 0 atom stereocenters. The number of benzene rings is 2. The van der Waals surface area contributed by atoms with Gasteiger partial charge in [0.1, 0.15) is 17.2 Å². The van der Waals surface area contributed by atoms with Crippen LogP contribution in [0.5, 0.6) is 17.2 Å². The number of aromatic nitrogens is 2. The molecule has 0 aliphatic rings. The molecule has 28 heavy (non-hydrogen) atoms. The van der Waals surface area contributed by atoms with E-state index < -0.39 is 0 Å². The topological polar surface area (TPSA) is 82.6 Å². The molecule has 0 aliphatic heterocycles. The minimum atomic E-state index is -0.0565.